The van der Waals surface area contributed by atoms with Crippen molar-refractivity contribution in [2.75, 3.05) is 5.43 Å². The molecule has 6 heteroatoms. The van der Waals surface area contributed by atoms with Gasteiger partial charge in [0.15, 0.2) is 0 Å². The highest BCUT2D eigenvalue weighted by molar-refractivity contribution is 7.07. The Bertz CT molecular complexity index is 862. The van der Waals surface area contributed by atoms with Crippen molar-refractivity contribution in [1.82, 2.24) is 4.98 Å². The van der Waals surface area contributed by atoms with Crippen LogP contribution in [-0.4, -0.2) is 20.9 Å². The number of rotatable bonds is 6. The van der Waals surface area contributed by atoms with Gasteiger partial charge in [0, 0.05) is 23.4 Å². The minimum atomic E-state index is -0.00135. The number of nitrogens with one attached hydrogen (secondary N) is 1. The molecule has 5 nitrogen and oxygen atoms in total. The van der Waals surface area contributed by atoms with Crippen LogP contribution in [0.5, 0.6) is 11.5 Å². The molecule has 0 aliphatic carbocycles. The first-order chi connectivity index (χ1) is 12.2. The monoisotopic (exact) mass is 353 g/mol. The molecule has 0 spiro atoms. The summed E-state index contributed by atoms with van der Waals surface area (Å²) in [5.74, 6) is 0.0892. The summed E-state index contributed by atoms with van der Waals surface area (Å²) in [5, 5.41) is 26.7. The summed E-state index contributed by atoms with van der Waals surface area (Å²) in [5.41, 5.74) is 8.53. The number of aromatic nitrogens is 1. The first-order valence-corrected chi connectivity index (χ1v) is 8.91. The molecular formula is C19H19N3O2S. The van der Waals surface area contributed by atoms with E-state index in [-0.39, 0.29) is 11.5 Å². The van der Waals surface area contributed by atoms with Crippen LogP contribution in [0.3, 0.4) is 0 Å². The van der Waals surface area contributed by atoms with Gasteiger partial charge in [-0.05, 0) is 30.2 Å². The predicted molar refractivity (Wildman–Crippen MR) is 102 cm³/mol. The zero-order chi connectivity index (χ0) is 17.6. The lowest BCUT2D eigenvalue weighted by Gasteiger charge is -2.12. The van der Waals surface area contributed by atoms with E-state index in [1.807, 2.05) is 42.6 Å². The number of thiazole rings is 1. The van der Waals surface area contributed by atoms with Gasteiger partial charge in [0.25, 0.3) is 0 Å². The number of hydrogen-bond donors (Lipinski definition) is 3. The fourth-order valence-corrected chi connectivity index (χ4v) is 3.03. The van der Waals surface area contributed by atoms with Crippen LogP contribution in [0.25, 0.3) is 0 Å². The molecule has 0 unspecified atom stereocenters. The number of hydrazone groups is 1. The highest BCUT2D eigenvalue weighted by Crippen LogP contribution is 2.29. The number of benzene rings is 2. The van der Waals surface area contributed by atoms with E-state index in [4.69, 9.17) is 0 Å². The van der Waals surface area contributed by atoms with Crippen LogP contribution in [-0.2, 0) is 12.8 Å². The topological polar surface area (TPSA) is 77.7 Å². The summed E-state index contributed by atoms with van der Waals surface area (Å²) >= 11 is 1.52. The molecule has 2 aromatic carbocycles. The number of aryl methyl sites for hydroxylation is 1. The Balaban J connectivity index is 1.98. The molecule has 1 heterocycles. The lowest BCUT2D eigenvalue weighted by molar-refractivity contribution is 0.445. The molecule has 0 atom stereocenters. The molecule has 0 aliphatic heterocycles. The van der Waals surface area contributed by atoms with Gasteiger partial charge < -0.3 is 10.2 Å². The van der Waals surface area contributed by atoms with E-state index in [2.05, 4.69) is 15.5 Å². The van der Waals surface area contributed by atoms with E-state index in [1.54, 1.807) is 11.6 Å². The van der Waals surface area contributed by atoms with Gasteiger partial charge in [0.1, 0.15) is 11.5 Å². The standard InChI is InChI=1S/C19H19N3O2S/c1-2-13-8-16(19(24)10-18(13)23)17(9-15-11-25-12-20-15)22-21-14-6-4-3-5-7-14/h3-8,10-12,21,23-24H,2,9H2,1H3. The molecule has 1 aromatic heterocycles. The molecule has 0 amide bonds. The van der Waals surface area contributed by atoms with E-state index in [0.717, 1.165) is 16.9 Å². The largest absolute Gasteiger partial charge is 0.508 e. The Morgan fingerprint density at radius 2 is 1.96 bits per heavy atom. The Morgan fingerprint density at radius 1 is 1.16 bits per heavy atom. The Hall–Kier alpha value is -2.86. The second kappa shape index (κ2) is 7.81. The molecular weight excluding hydrogens is 334 g/mol. The second-order valence-corrected chi connectivity index (χ2v) is 6.26. The number of hydrogen-bond acceptors (Lipinski definition) is 6. The Labute approximate surface area is 150 Å². The van der Waals surface area contributed by atoms with E-state index >= 15 is 0 Å². The van der Waals surface area contributed by atoms with Crippen molar-refractivity contribution in [1.29, 1.82) is 0 Å². The third-order valence-corrected chi connectivity index (χ3v) is 4.45. The fraction of sp³-hybridized carbons (Fsp3) is 0.158. The molecule has 0 saturated carbocycles. The molecule has 3 N–H and O–H groups in total. The zero-order valence-corrected chi connectivity index (χ0v) is 14.6. The van der Waals surface area contributed by atoms with Crippen molar-refractivity contribution in [2.45, 2.75) is 19.8 Å². The van der Waals surface area contributed by atoms with Crippen molar-refractivity contribution < 1.29 is 10.2 Å². The lowest BCUT2D eigenvalue weighted by atomic mass is 10.0. The molecule has 128 valence electrons. The fourth-order valence-electron chi connectivity index (χ4n) is 2.47. The maximum absolute atomic E-state index is 10.3. The molecule has 0 saturated heterocycles. The van der Waals surface area contributed by atoms with Gasteiger partial charge >= 0.3 is 0 Å². The highest BCUT2D eigenvalue weighted by atomic mass is 32.1. The zero-order valence-electron chi connectivity index (χ0n) is 13.8. The van der Waals surface area contributed by atoms with Crippen LogP contribution < -0.4 is 5.43 Å². The SMILES string of the molecule is CCc1cc(C(Cc2cscn2)=NNc2ccccc2)c(O)cc1O. The molecule has 0 radical (unpaired) electrons. The van der Waals surface area contributed by atoms with Crippen molar-refractivity contribution in [3.05, 3.63) is 70.2 Å². The molecule has 3 rings (SSSR count). The minimum absolute atomic E-state index is 0.00135. The van der Waals surface area contributed by atoms with Crippen LogP contribution >= 0.6 is 11.3 Å². The van der Waals surface area contributed by atoms with Crippen molar-refractivity contribution >= 4 is 22.7 Å². The molecule has 25 heavy (non-hydrogen) atoms. The summed E-state index contributed by atoms with van der Waals surface area (Å²) < 4.78 is 0. The normalized spacial score (nSPS) is 11.5. The first kappa shape index (κ1) is 17.0. The van der Waals surface area contributed by atoms with E-state index in [1.165, 1.54) is 17.4 Å². The van der Waals surface area contributed by atoms with Gasteiger partial charge in [-0.3, -0.25) is 5.43 Å². The summed E-state index contributed by atoms with van der Waals surface area (Å²) in [6.07, 6.45) is 1.14. The Morgan fingerprint density at radius 3 is 2.64 bits per heavy atom. The summed E-state index contributed by atoms with van der Waals surface area (Å²) in [4.78, 5) is 4.31. The molecule has 3 aromatic rings. The summed E-state index contributed by atoms with van der Waals surface area (Å²) in [6, 6.07) is 12.8. The smallest absolute Gasteiger partial charge is 0.128 e. The van der Waals surface area contributed by atoms with E-state index in [9.17, 15) is 10.2 Å². The van der Waals surface area contributed by atoms with Crippen molar-refractivity contribution in [3.63, 3.8) is 0 Å². The summed E-state index contributed by atoms with van der Waals surface area (Å²) in [7, 11) is 0. The van der Waals surface area contributed by atoms with Crippen LogP contribution in [0.15, 0.2) is 58.5 Å². The van der Waals surface area contributed by atoms with Gasteiger partial charge in [-0.25, -0.2) is 4.98 Å². The second-order valence-electron chi connectivity index (χ2n) is 5.54. The Kier molecular flexibility index (Phi) is 5.30. The lowest BCUT2D eigenvalue weighted by Crippen LogP contribution is -2.10. The first-order valence-electron chi connectivity index (χ1n) is 7.97. The highest BCUT2D eigenvalue weighted by Gasteiger charge is 2.15. The molecule has 0 fully saturated rings. The van der Waals surface area contributed by atoms with Gasteiger partial charge in [0.2, 0.25) is 0 Å². The maximum atomic E-state index is 10.3. The summed E-state index contributed by atoms with van der Waals surface area (Å²) in [6.45, 7) is 1.95. The third kappa shape index (κ3) is 4.16. The number of aromatic hydroxyl groups is 2. The van der Waals surface area contributed by atoms with Gasteiger partial charge in [-0.15, -0.1) is 11.3 Å². The average molecular weight is 353 g/mol. The molecule has 0 aliphatic rings. The van der Waals surface area contributed by atoms with E-state index in [0.29, 0.717) is 24.1 Å². The van der Waals surface area contributed by atoms with Gasteiger partial charge in [-0.1, -0.05) is 25.1 Å². The van der Waals surface area contributed by atoms with Crippen LogP contribution in [0, 0.1) is 0 Å². The van der Waals surface area contributed by atoms with E-state index < -0.39 is 0 Å². The van der Waals surface area contributed by atoms with Gasteiger partial charge in [-0.2, -0.15) is 5.10 Å². The van der Waals surface area contributed by atoms with Crippen molar-refractivity contribution in [3.8, 4) is 11.5 Å². The number of nitrogens with zero attached hydrogens (tertiary/aromatic N) is 2. The van der Waals surface area contributed by atoms with Crippen LogP contribution in [0.4, 0.5) is 5.69 Å². The molecule has 0 bridgehead atoms. The predicted octanol–water partition coefficient (Wildman–Crippen LogP) is 4.18. The number of anilines is 1. The number of phenolic OH excluding ortho intramolecular Hbond substituents is 2. The minimum Gasteiger partial charge on any atom is -0.508 e. The quantitative estimate of drug-likeness (QED) is 0.459. The van der Waals surface area contributed by atoms with Gasteiger partial charge in [0.05, 0.1) is 22.6 Å². The third-order valence-electron chi connectivity index (χ3n) is 3.81. The van der Waals surface area contributed by atoms with Crippen LogP contribution in [0.2, 0.25) is 0 Å². The number of phenols is 2. The maximum Gasteiger partial charge on any atom is 0.128 e. The van der Waals surface area contributed by atoms with Crippen LogP contribution in [0.1, 0.15) is 23.7 Å². The van der Waals surface area contributed by atoms with Crippen molar-refractivity contribution in [2.24, 2.45) is 5.10 Å². The average Bonchev–Trinajstić information content (AvgIpc) is 3.13. The number of para-hydroxylation sites is 1.